The second kappa shape index (κ2) is 7.19. The molecule has 0 fully saturated rings. The fraction of sp³-hybridized carbons (Fsp3) is 0.133. The van der Waals surface area contributed by atoms with Gasteiger partial charge in [-0.3, -0.25) is 14.9 Å². The van der Waals surface area contributed by atoms with E-state index in [4.69, 9.17) is 9.84 Å². The smallest absolute Gasteiger partial charge is 0.269 e. The Morgan fingerprint density at radius 2 is 1.64 bits per heavy atom. The summed E-state index contributed by atoms with van der Waals surface area (Å²) in [6, 6.07) is 12.1. The van der Waals surface area contributed by atoms with Crippen LogP contribution >= 0.6 is 0 Å². The summed E-state index contributed by atoms with van der Waals surface area (Å²) in [7, 11) is 0. The van der Waals surface area contributed by atoms with Crippen LogP contribution in [0.1, 0.15) is 10.4 Å². The van der Waals surface area contributed by atoms with Crippen LogP contribution in [0.15, 0.2) is 48.5 Å². The number of hydrogen-bond acceptors (Lipinski definition) is 5. The summed E-state index contributed by atoms with van der Waals surface area (Å²) < 4.78 is 5.53. The Hall–Kier alpha value is -2.93. The maximum atomic E-state index is 11.6. The highest BCUT2D eigenvalue weighted by Crippen LogP contribution is 2.24. The van der Waals surface area contributed by atoms with Crippen molar-refractivity contribution in [2.45, 2.75) is 0 Å². The SMILES string of the molecule is O=C(NCCO)c1ccc(Oc2ccc([N+](=O)[O-])cc2)cc1. The van der Waals surface area contributed by atoms with Crippen molar-refractivity contribution >= 4 is 11.6 Å². The lowest BCUT2D eigenvalue weighted by Gasteiger charge is -2.07. The molecule has 0 spiro atoms. The van der Waals surface area contributed by atoms with Crippen LogP contribution in [-0.4, -0.2) is 29.1 Å². The second-order valence-corrected chi connectivity index (χ2v) is 4.36. The quantitative estimate of drug-likeness (QED) is 0.628. The van der Waals surface area contributed by atoms with Crippen LogP contribution in [-0.2, 0) is 0 Å². The number of aliphatic hydroxyl groups excluding tert-OH is 1. The molecule has 0 unspecified atom stereocenters. The predicted octanol–water partition coefficient (Wildman–Crippen LogP) is 2.11. The van der Waals surface area contributed by atoms with Crippen molar-refractivity contribution in [1.29, 1.82) is 0 Å². The van der Waals surface area contributed by atoms with E-state index in [-0.39, 0.29) is 24.7 Å². The molecule has 2 aromatic carbocycles. The third kappa shape index (κ3) is 4.03. The van der Waals surface area contributed by atoms with Crippen molar-refractivity contribution in [2.75, 3.05) is 13.2 Å². The summed E-state index contributed by atoms with van der Waals surface area (Å²) in [5, 5.41) is 21.7. The molecule has 0 heterocycles. The fourth-order valence-electron chi connectivity index (χ4n) is 1.72. The number of nitro groups is 1. The molecule has 0 aromatic heterocycles. The van der Waals surface area contributed by atoms with Gasteiger partial charge in [0.05, 0.1) is 11.5 Å². The number of nitrogens with one attached hydrogen (secondary N) is 1. The average molecular weight is 302 g/mol. The zero-order valence-corrected chi connectivity index (χ0v) is 11.6. The Labute approximate surface area is 126 Å². The van der Waals surface area contributed by atoms with Crippen molar-refractivity contribution in [2.24, 2.45) is 0 Å². The van der Waals surface area contributed by atoms with E-state index < -0.39 is 4.92 Å². The number of nitrogens with zero attached hydrogens (tertiary/aromatic N) is 1. The maximum Gasteiger partial charge on any atom is 0.269 e. The summed E-state index contributed by atoms with van der Waals surface area (Å²) >= 11 is 0. The van der Waals surface area contributed by atoms with E-state index in [9.17, 15) is 14.9 Å². The molecular weight excluding hydrogens is 288 g/mol. The Bertz CT molecular complexity index is 653. The Kier molecular flexibility index (Phi) is 5.05. The first-order chi connectivity index (χ1) is 10.6. The van der Waals surface area contributed by atoms with E-state index in [1.54, 1.807) is 24.3 Å². The lowest BCUT2D eigenvalue weighted by Crippen LogP contribution is -2.26. The summed E-state index contributed by atoms with van der Waals surface area (Å²) in [4.78, 5) is 21.7. The zero-order chi connectivity index (χ0) is 15.9. The highest BCUT2D eigenvalue weighted by molar-refractivity contribution is 5.94. The van der Waals surface area contributed by atoms with Gasteiger partial charge in [-0.15, -0.1) is 0 Å². The predicted molar refractivity (Wildman–Crippen MR) is 79.0 cm³/mol. The number of carbonyl (C=O) groups excluding carboxylic acids is 1. The van der Waals surface area contributed by atoms with E-state index in [2.05, 4.69) is 5.32 Å². The van der Waals surface area contributed by atoms with E-state index in [1.807, 2.05) is 0 Å². The molecular formula is C15H14N2O5. The van der Waals surface area contributed by atoms with Crippen LogP contribution in [0.5, 0.6) is 11.5 Å². The molecule has 0 saturated carbocycles. The largest absolute Gasteiger partial charge is 0.457 e. The number of nitro benzene ring substituents is 1. The van der Waals surface area contributed by atoms with E-state index in [0.29, 0.717) is 17.1 Å². The molecule has 2 rings (SSSR count). The summed E-state index contributed by atoms with van der Waals surface area (Å²) in [5.74, 6) is 0.687. The number of amides is 1. The minimum Gasteiger partial charge on any atom is -0.457 e. The number of hydrogen-bond donors (Lipinski definition) is 2. The number of non-ortho nitro benzene ring substituents is 1. The van der Waals surface area contributed by atoms with Gasteiger partial charge in [0.15, 0.2) is 0 Å². The number of rotatable bonds is 6. The fourth-order valence-corrected chi connectivity index (χ4v) is 1.72. The van der Waals surface area contributed by atoms with Crippen molar-refractivity contribution in [3.63, 3.8) is 0 Å². The molecule has 0 aliphatic carbocycles. The van der Waals surface area contributed by atoms with Gasteiger partial charge < -0.3 is 15.2 Å². The topological polar surface area (TPSA) is 102 Å². The van der Waals surface area contributed by atoms with Gasteiger partial charge in [-0.1, -0.05) is 0 Å². The standard InChI is InChI=1S/C15H14N2O5/c18-10-9-16-15(19)11-1-5-13(6-2-11)22-14-7-3-12(4-8-14)17(20)21/h1-8,18H,9-10H2,(H,16,19). The molecule has 0 bridgehead atoms. The molecule has 0 aliphatic heterocycles. The molecule has 7 heteroatoms. The molecule has 0 atom stereocenters. The van der Waals surface area contributed by atoms with Crippen LogP contribution < -0.4 is 10.1 Å². The Morgan fingerprint density at radius 1 is 1.09 bits per heavy atom. The molecule has 7 nitrogen and oxygen atoms in total. The monoisotopic (exact) mass is 302 g/mol. The third-order valence-electron chi connectivity index (χ3n) is 2.80. The van der Waals surface area contributed by atoms with Crippen LogP contribution in [0.25, 0.3) is 0 Å². The van der Waals surface area contributed by atoms with Crippen molar-refractivity contribution in [3.05, 3.63) is 64.2 Å². The second-order valence-electron chi connectivity index (χ2n) is 4.36. The first kappa shape index (κ1) is 15.5. The first-order valence-corrected chi connectivity index (χ1v) is 6.51. The van der Waals surface area contributed by atoms with Gasteiger partial charge in [-0.05, 0) is 36.4 Å². The van der Waals surface area contributed by atoms with Crippen LogP contribution in [0.3, 0.4) is 0 Å². The summed E-state index contributed by atoms with van der Waals surface area (Å²) in [6.07, 6.45) is 0. The Balaban J connectivity index is 2.01. The first-order valence-electron chi connectivity index (χ1n) is 6.51. The van der Waals surface area contributed by atoms with Gasteiger partial charge >= 0.3 is 0 Å². The minimum absolute atomic E-state index is 0.0109. The summed E-state index contributed by atoms with van der Waals surface area (Å²) in [6.45, 7) is 0.0763. The molecule has 0 radical (unpaired) electrons. The van der Waals surface area contributed by atoms with Gasteiger partial charge in [-0.2, -0.15) is 0 Å². The highest BCUT2D eigenvalue weighted by atomic mass is 16.6. The number of ether oxygens (including phenoxy) is 1. The zero-order valence-electron chi connectivity index (χ0n) is 11.6. The normalized spacial score (nSPS) is 10.0. The molecule has 114 valence electrons. The molecule has 0 saturated heterocycles. The van der Waals surface area contributed by atoms with Gasteiger partial charge in [0.1, 0.15) is 11.5 Å². The van der Waals surface area contributed by atoms with Gasteiger partial charge in [0.25, 0.3) is 11.6 Å². The van der Waals surface area contributed by atoms with E-state index in [0.717, 1.165) is 0 Å². The molecule has 1 amide bonds. The average Bonchev–Trinajstić information content (AvgIpc) is 2.54. The number of aliphatic hydroxyl groups is 1. The lowest BCUT2D eigenvalue weighted by molar-refractivity contribution is -0.384. The van der Waals surface area contributed by atoms with E-state index in [1.165, 1.54) is 24.3 Å². The van der Waals surface area contributed by atoms with E-state index >= 15 is 0 Å². The van der Waals surface area contributed by atoms with Crippen LogP contribution in [0, 0.1) is 10.1 Å². The molecule has 22 heavy (non-hydrogen) atoms. The highest BCUT2D eigenvalue weighted by Gasteiger charge is 2.07. The molecule has 2 N–H and O–H groups in total. The molecule has 2 aromatic rings. The minimum atomic E-state index is -0.483. The Morgan fingerprint density at radius 3 is 2.14 bits per heavy atom. The summed E-state index contributed by atoms with van der Waals surface area (Å²) in [5.41, 5.74) is 0.438. The molecule has 0 aliphatic rings. The van der Waals surface area contributed by atoms with Gasteiger partial charge in [0, 0.05) is 24.2 Å². The van der Waals surface area contributed by atoms with Crippen molar-refractivity contribution in [3.8, 4) is 11.5 Å². The van der Waals surface area contributed by atoms with Crippen molar-refractivity contribution < 1.29 is 19.6 Å². The van der Waals surface area contributed by atoms with Crippen LogP contribution in [0.2, 0.25) is 0 Å². The van der Waals surface area contributed by atoms with Crippen molar-refractivity contribution in [1.82, 2.24) is 5.32 Å². The third-order valence-corrected chi connectivity index (χ3v) is 2.80. The van der Waals surface area contributed by atoms with Gasteiger partial charge in [-0.25, -0.2) is 0 Å². The number of carbonyl (C=O) groups is 1. The maximum absolute atomic E-state index is 11.6. The van der Waals surface area contributed by atoms with Crippen LogP contribution in [0.4, 0.5) is 5.69 Å². The van der Waals surface area contributed by atoms with Gasteiger partial charge in [0.2, 0.25) is 0 Å². The lowest BCUT2D eigenvalue weighted by atomic mass is 10.2. The number of benzene rings is 2.